The summed E-state index contributed by atoms with van der Waals surface area (Å²) in [5.41, 5.74) is 4.88. The zero-order valence-corrected chi connectivity index (χ0v) is 24.9. The third-order valence-corrected chi connectivity index (χ3v) is 7.02. The molecule has 4 rings (SSSR count). The second kappa shape index (κ2) is 15.3. The Hall–Kier alpha value is -4.04. The minimum atomic E-state index is -0.944. The van der Waals surface area contributed by atoms with Crippen LogP contribution in [0.2, 0.25) is 15.1 Å². The van der Waals surface area contributed by atoms with Gasteiger partial charge in [0.05, 0.1) is 11.2 Å². The second-order valence-corrected chi connectivity index (χ2v) is 10.5. The summed E-state index contributed by atoms with van der Waals surface area (Å²) in [4.78, 5) is 26.3. The number of hydrogen-bond acceptors (Lipinski definition) is 5. The number of ether oxygens (including phenoxy) is 2. The van der Waals surface area contributed by atoms with Gasteiger partial charge in [-0.15, -0.1) is 0 Å². The minimum Gasteiger partial charge on any atom is -0.488 e. The number of benzene rings is 4. The lowest BCUT2D eigenvalue weighted by atomic mass is 10.1. The van der Waals surface area contributed by atoms with Crippen molar-refractivity contribution in [1.29, 1.82) is 0 Å². The molecule has 0 unspecified atom stereocenters. The van der Waals surface area contributed by atoms with E-state index in [0.29, 0.717) is 27.1 Å². The van der Waals surface area contributed by atoms with E-state index >= 15 is 0 Å². The number of nitrogens with zero attached hydrogens (tertiary/aromatic N) is 1. The van der Waals surface area contributed by atoms with Crippen LogP contribution in [0.25, 0.3) is 0 Å². The zero-order valence-electron chi connectivity index (χ0n) is 22.6. The van der Waals surface area contributed by atoms with E-state index in [0.717, 1.165) is 11.1 Å². The smallest absolute Gasteiger partial charge is 0.262 e. The van der Waals surface area contributed by atoms with E-state index in [1.807, 2.05) is 66.7 Å². The van der Waals surface area contributed by atoms with Crippen LogP contribution in [-0.2, 0) is 22.6 Å². The second-order valence-electron chi connectivity index (χ2n) is 9.24. The van der Waals surface area contributed by atoms with Crippen LogP contribution in [0.5, 0.6) is 11.5 Å². The zero-order chi connectivity index (χ0) is 29.9. The predicted molar refractivity (Wildman–Crippen MR) is 167 cm³/mol. The molecule has 10 heteroatoms. The van der Waals surface area contributed by atoms with Gasteiger partial charge in [0.25, 0.3) is 11.8 Å². The van der Waals surface area contributed by atoms with Crippen LogP contribution in [-0.4, -0.2) is 30.2 Å². The van der Waals surface area contributed by atoms with Gasteiger partial charge < -0.3 is 14.8 Å². The van der Waals surface area contributed by atoms with E-state index in [4.69, 9.17) is 44.3 Å². The molecule has 2 amide bonds. The van der Waals surface area contributed by atoms with E-state index in [1.54, 1.807) is 31.2 Å². The molecule has 0 spiro atoms. The van der Waals surface area contributed by atoms with E-state index in [-0.39, 0.29) is 18.1 Å². The van der Waals surface area contributed by atoms with Crippen molar-refractivity contribution in [2.75, 3.05) is 0 Å². The van der Waals surface area contributed by atoms with E-state index in [1.165, 1.54) is 12.3 Å². The maximum Gasteiger partial charge on any atom is 0.262 e. The lowest BCUT2D eigenvalue weighted by Gasteiger charge is -2.21. The number of para-hydroxylation sites is 1. The van der Waals surface area contributed by atoms with Gasteiger partial charge in [-0.25, -0.2) is 5.43 Å². The van der Waals surface area contributed by atoms with E-state index in [2.05, 4.69) is 15.8 Å². The number of nitrogens with one attached hydrogen (secondary N) is 2. The third-order valence-electron chi connectivity index (χ3n) is 6.12. The molecule has 0 aliphatic heterocycles. The number of hydrazone groups is 1. The van der Waals surface area contributed by atoms with Gasteiger partial charge in [0.1, 0.15) is 24.1 Å². The largest absolute Gasteiger partial charge is 0.488 e. The summed E-state index contributed by atoms with van der Waals surface area (Å²) in [7, 11) is 0. The quantitative estimate of drug-likeness (QED) is 0.133. The molecule has 0 aromatic heterocycles. The molecule has 216 valence electrons. The molecule has 4 aromatic carbocycles. The first-order chi connectivity index (χ1) is 20.3. The number of carbonyl (C=O) groups is 2. The molecule has 42 heavy (non-hydrogen) atoms. The summed E-state index contributed by atoms with van der Waals surface area (Å²) < 4.78 is 11.7. The Kier molecular flexibility index (Phi) is 11.2. The van der Waals surface area contributed by atoms with Gasteiger partial charge >= 0.3 is 0 Å². The molecule has 4 aromatic rings. The average Bonchev–Trinajstić information content (AvgIpc) is 2.98. The van der Waals surface area contributed by atoms with E-state index < -0.39 is 24.0 Å². The Bertz CT molecular complexity index is 1550. The van der Waals surface area contributed by atoms with Crippen LogP contribution in [0.15, 0.2) is 102 Å². The molecule has 7 nitrogen and oxygen atoms in total. The van der Waals surface area contributed by atoms with Gasteiger partial charge in [0.15, 0.2) is 6.10 Å². The number of carbonyl (C=O) groups excluding carboxylic acids is 2. The lowest BCUT2D eigenvalue weighted by Crippen LogP contribution is -2.50. The van der Waals surface area contributed by atoms with Crippen LogP contribution in [0, 0.1) is 0 Å². The predicted octanol–water partition coefficient (Wildman–Crippen LogP) is 6.87. The summed E-state index contributed by atoms with van der Waals surface area (Å²) in [5, 5.41) is 8.22. The summed E-state index contributed by atoms with van der Waals surface area (Å²) >= 11 is 18.4. The standard InChI is InChI=1S/C32H28Cl3N3O4/c1-21(42-30-16-15-25(33)18-27(30)35)31(39)37-28(17-22-9-3-2-4-10-22)32(40)38-36-19-23-11-6-8-14-29(23)41-20-24-12-5-7-13-26(24)34/h2-16,18-19,21,28H,17,20H2,1H3,(H,37,39)(H,38,40)/b36-19-/t21-,28-/m0/s1. The Labute approximate surface area is 259 Å². The summed E-state index contributed by atoms with van der Waals surface area (Å²) in [6.45, 7) is 1.83. The fraction of sp³-hybridized carbons (Fsp3) is 0.156. The Morgan fingerprint density at radius 2 is 1.55 bits per heavy atom. The van der Waals surface area contributed by atoms with Crippen molar-refractivity contribution in [2.45, 2.75) is 32.1 Å². The molecule has 0 bridgehead atoms. The average molecular weight is 625 g/mol. The first-order valence-corrected chi connectivity index (χ1v) is 14.2. The van der Waals surface area contributed by atoms with Gasteiger partial charge in [-0.1, -0.05) is 95.5 Å². The van der Waals surface area contributed by atoms with Crippen molar-refractivity contribution >= 4 is 52.8 Å². The van der Waals surface area contributed by atoms with Crippen molar-refractivity contribution in [3.05, 3.63) is 129 Å². The molecule has 0 saturated heterocycles. The Morgan fingerprint density at radius 1 is 0.833 bits per heavy atom. The van der Waals surface area contributed by atoms with Crippen LogP contribution < -0.4 is 20.2 Å². The Balaban J connectivity index is 1.42. The maximum atomic E-state index is 13.2. The summed E-state index contributed by atoms with van der Waals surface area (Å²) in [5.74, 6) is -0.141. The number of amides is 2. The highest BCUT2D eigenvalue weighted by Crippen LogP contribution is 2.28. The minimum absolute atomic E-state index is 0.236. The van der Waals surface area contributed by atoms with Crippen LogP contribution >= 0.6 is 34.8 Å². The van der Waals surface area contributed by atoms with Crippen molar-refractivity contribution in [1.82, 2.24) is 10.7 Å². The van der Waals surface area contributed by atoms with Gasteiger partial charge in [-0.3, -0.25) is 9.59 Å². The topological polar surface area (TPSA) is 89.0 Å². The number of halogens is 3. The summed E-state index contributed by atoms with van der Waals surface area (Å²) in [6, 6.07) is 27.8. The van der Waals surface area contributed by atoms with Crippen molar-refractivity contribution in [3.63, 3.8) is 0 Å². The highest BCUT2D eigenvalue weighted by atomic mass is 35.5. The molecule has 0 saturated carbocycles. The van der Waals surface area contributed by atoms with Gasteiger partial charge in [0, 0.05) is 27.6 Å². The maximum absolute atomic E-state index is 13.2. The number of hydrogen-bond donors (Lipinski definition) is 2. The molecule has 0 fully saturated rings. The lowest BCUT2D eigenvalue weighted by molar-refractivity contribution is -0.132. The summed E-state index contributed by atoms with van der Waals surface area (Å²) in [6.07, 6.45) is 0.774. The van der Waals surface area contributed by atoms with Crippen LogP contribution in [0.4, 0.5) is 0 Å². The molecule has 0 aliphatic rings. The van der Waals surface area contributed by atoms with Crippen molar-refractivity contribution < 1.29 is 19.1 Å². The fourth-order valence-corrected chi connectivity index (χ4v) is 4.54. The van der Waals surface area contributed by atoms with E-state index in [9.17, 15) is 9.59 Å². The van der Waals surface area contributed by atoms with Crippen molar-refractivity contribution in [3.8, 4) is 11.5 Å². The number of rotatable bonds is 12. The highest BCUT2D eigenvalue weighted by molar-refractivity contribution is 6.35. The van der Waals surface area contributed by atoms with Crippen LogP contribution in [0.3, 0.4) is 0 Å². The van der Waals surface area contributed by atoms with Gasteiger partial charge in [-0.05, 0) is 48.9 Å². The van der Waals surface area contributed by atoms with Crippen LogP contribution in [0.1, 0.15) is 23.6 Å². The van der Waals surface area contributed by atoms with Gasteiger partial charge in [0.2, 0.25) is 0 Å². The molecule has 0 radical (unpaired) electrons. The van der Waals surface area contributed by atoms with Gasteiger partial charge in [-0.2, -0.15) is 5.10 Å². The molecular formula is C32H28Cl3N3O4. The molecule has 0 heterocycles. The fourth-order valence-electron chi connectivity index (χ4n) is 3.90. The van der Waals surface area contributed by atoms with Crippen molar-refractivity contribution in [2.24, 2.45) is 5.10 Å². The third kappa shape index (κ3) is 8.98. The molecular weight excluding hydrogens is 597 g/mol. The highest BCUT2D eigenvalue weighted by Gasteiger charge is 2.25. The Morgan fingerprint density at radius 3 is 2.31 bits per heavy atom. The first-order valence-electron chi connectivity index (χ1n) is 13.0. The normalized spacial score (nSPS) is 12.4. The monoisotopic (exact) mass is 623 g/mol. The SMILES string of the molecule is C[C@H](Oc1ccc(Cl)cc1Cl)C(=O)N[C@@H](Cc1ccccc1)C(=O)N/N=C\c1ccccc1OCc1ccccc1Cl. The molecule has 2 atom stereocenters. The molecule has 2 N–H and O–H groups in total. The molecule has 0 aliphatic carbocycles. The first kappa shape index (κ1) is 30.9.